The number of benzene rings is 1. The number of carbonyl (C=O) groups is 1. The summed E-state index contributed by atoms with van der Waals surface area (Å²) in [6, 6.07) is 5.68. The van der Waals surface area contributed by atoms with Gasteiger partial charge in [0.05, 0.1) is 18.7 Å². The summed E-state index contributed by atoms with van der Waals surface area (Å²) in [5.74, 6) is 0.755. The number of fused-ring (bicyclic) bond motifs is 1. The van der Waals surface area contributed by atoms with Gasteiger partial charge in [-0.3, -0.25) is 4.79 Å². The molecule has 0 radical (unpaired) electrons. The molecule has 5 heteroatoms. The van der Waals surface area contributed by atoms with E-state index in [0.717, 1.165) is 41.8 Å². The van der Waals surface area contributed by atoms with Crippen molar-refractivity contribution in [3.63, 3.8) is 0 Å². The van der Waals surface area contributed by atoms with Crippen LogP contribution < -0.4 is 10.1 Å². The molecule has 0 aromatic heterocycles. The molecular weight excluding hydrogens is 310 g/mol. The van der Waals surface area contributed by atoms with Gasteiger partial charge in [0.2, 0.25) is 5.91 Å². The summed E-state index contributed by atoms with van der Waals surface area (Å²) in [6.45, 7) is 1.40. The van der Waals surface area contributed by atoms with E-state index in [2.05, 4.69) is 21.2 Å². The summed E-state index contributed by atoms with van der Waals surface area (Å²) in [7, 11) is 0. The van der Waals surface area contributed by atoms with E-state index in [-0.39, 0.29) is 5.91 Å². The summed E-state index contributed by atoms with van der Waals surface area (Å²) in [5, 5.41) is 2.92. The van der Waals surface area contributed by atoms with E-state index in [1.54, 1.807) is 0 Å². The first-order valence-corrected chi connectivity index (χ1v) is 7.32. The molecule has 1 atom stereocenters. The number of carbonyl (C=O) groups excluding carboxylic acids is 1. The van der Waals surface area contributed by atoms with Crippen molar-refractivity contribution in [2.45, 2.75) is 31.3 Å². The van der Waals surface area contributed by atoms with Gasteiger partial charge in [0, 0.05) is 17.5 Å². The Hall–Kier alpha value is -1.07. The molecule has 1 aromatic rings. The van der Waals surface area contributed by atoms with E-state index in [9.17, 15) is 4.79 Å². The monoisotopic (exact) mass is 325 g/mol. The highest BCUT2D eigenvalue weighted by atomic mass is 79.9. The zero-order valence-electron chi connectivity index (χ0n) is 10.6. The lowest BCUT2D eigenvalue weighted by molar-refractivity contribution is -0.120. The van der Waals surface area contributed by atoms with Gasteiger partial charge >= 0.3 is 0 Å². The van der Waals surface area contributed by atoms with E-state index in [0.29, 0.717) is 13.0 Å². The normalized spacial score (nSPS) is 26.9. The van der Waals surface area contributed by atoms with E-state index >= 15 is 0 Å². The van der Waals surface area contributed by atoms with Gasteiger partial charge in [0.25, 0.3) is 0 Å². The summed E-state index contributed by atoms with van der Waals surface area (Å²) in [4.78, 5) is 12.1. The largest absolute Gasteiger partial charge is 0.484 e. The lowest BCUT2D eigenvalue weighted by Crippen LogP contribution is -2.38. The van der Waals surface area contributed by atoms with Gasteiger partial charge < -0.3 is 14.8 Å². The van der Waals surface area contributed by atoms with Crippen LogP contribution in [0.5, 0.6) is 5.75 Å². The molecule has 1 amide bonds. The van der Waals surface area contributed by atoms with E-state index in [4.69, 9.17) is 9.47 Å². The lowest BCUT2D eigenvalue weighted by atomic mass is 9.90. The molecule has 1 spiro atoms. The number of nitrogens with one attached hydrogen (secondary N) is 1. The van der Waals surface area contributed by atoms with Crippen molar-refractivity contribution in [1.29, 1.82) is 0 Å². The maximum atomic E-state index is 12.1. The van der Waals surface area contributed by atoms with Gasteiger partial charge in [-0.05, 0) is 31.0 Å². The van der Waals surface area contributed by atoms with Crippen LogP contribution in [0, 0.1) is 0 Å². The highest BCUT2D eigenvalue weighted by Gasteiger charge is 2.38. The Balaban J connectivity index is 1.97. The van der Waals surface area contributed by atoms with Crippen molar-refractivity contribution >= 4 is 27.5 Å². The molecule has 1 aromatic carbocycles. The number of halogens is 1. The fraction of sp³-hybridized carbons (Fsp3) is 0.500. The van der Waals surface area contributed by atoms with Gasteiger partial charge in [-0.2, -0.15) is 0 Å². The second-order valence-electron chi connectivity index (χ2n) is 5.12. The van der Waals surface area contributed by atoms with Crippen molar-refractivity contribution < 1.29 is 14.3 Å². The van der Waals surface area contributed by atoms with E-state index < -0.39 is 5.60 Å². The SMILES string of the molecule is O=C1CC2(CCCOCC2)Oc2cc(Br)ccc2N1. The Labute approximate surface area is 120 Å². The Morgan fingerprint density at radius 3 is 3.05 bits per heavy atom. The molecule has 4 nitrogen and oxygen atoms in total. The number of hydrogen-bond donors (Lipinski definition) is 1. The third-order valence-corrected chi connectivity index (χ3v) is 4.14. The Morgan fingerprint density at radius 1 is 1.26 bits per heavy atom. The summed E-state index contributed by atoms with van der Waals surface area (Å²) in [6.07, 6.45) is 2.93. The quantitative estimate of drug-likeness (QED) is 0.797. The molecule has 1 saturated heterocycles. The molecule has 0 saturated carbocycles. The second-order valence-corrected chi connectivity index (χ2v) is 6.03. The fourth-order valence-corrected chi connectivity index (χ4v) is 3.04. The molecular formula is C14H16BrNO3. The van der Waals surface area contributed by atoms with E-state index in [1.165, 1.54) is 0 Å². The predicted molar refractivity (Wildman–Crippen MR) is 75.4 cm³/mol. The Morgan fingerprint density at radius 2 is 2.16 bits per heavy atom. The minimum atomic E-state index is -0.424. The van der Waals surface area contributed by atoms with Crippen molar-refractivity contribution in [3.8, 4) is 5.75 Å². The Bertz CT molecular complexity index is 495. The van der Waals surface area contributed by atoms with Crippen LogP contribution in [0.15, 0.2) is 22.7 Å². The van der Waals surface area contributed by atoms with Gasteiger partial charge in [0.15, 0.2) is 0 Å². The first-order valence-electron chi connectivity index (χ1n) is 6.53. The van der Waals surface area contributed by atoms with Crippen LogP contribution in [0.1, 0.15) is 25.7 Å². The zero-order chi connectivity index (χ0) is 13.3. The average Bonchev–Trinajstić information content (AvgIpc) is 2.65. The third kappa shape index (κ3) is 2.77. The van der Waals surface area contributed by atoms with Crippen LogP contribution in [0.25, 0.3) is 0 Å². The minimum Gasteiger partial charge on any atom is -0.484 e. The molecule has 0 bridgehead atoms. The van der Waals surface area contributed by atoms with Gasteiger partial charge in [-0.15, -0.1) is 0 Å². The smallest absolute Gasteiger partial charge is 0.228 e. The van der Waals surface area contributed by atoms with Gasteiger partial charge in [0.1, 0.15) is 11.4 Å². The molecule has 0 aliphatic carbocycles. The molecule has 1 fully saturated rings. The van der Waals surface area contributed by atoms with Crippen molar-refractivity contribution in [3.05, 3.63) is 22.7 Å². The summed E-state index contributed by atoms with van der Waals surface area (Å²) in [5.41, 5.74) is 0.322. The summed E-state index contributed by atoms with van der Waals surface area (Å²) >= 11 is 3.44. The van der Waals surface area contributed by atoms with Crippen LogP contribution in [-0.4, -0.2) is 24.7 Å². The predicted octanol–water partition coefficient (Wildman–Crippen LogP) is 3.11. The van der Waals surface area contributed by atoms with Crippen molar-refractivity contribution in [2.75, 3.05) is 18.5 Å². The third-order valence-electron chi connectivity index (χ3n) is 3.65. The topological polar surface area (TPSA) is 47.6 Å². The molecule has 1 N–H and O–H groups in total. The average molecular weight is 326 g/mol. The van der Waals surface area contributed by atoms with Crippen LogP contribution in [0.2, 0.25) is 0 Å². The molecule has 2 heterocycles. The Kier molecular flexibility index (Phi) is 3.50. The van der Waals surface area contributed by atoms with Crippen LogP contribution in [0.3, 0.4) is 0 Å². The summed E-state index contributed by atoms with van der Waals surface area (Å²) < 4.78 is 12.7. The lowest BCUT2D eigenvalue weighted by Gasteiger charge is -2.30. The highest BCUT2D eigenvalue weighted by Crippen LogP contribution is 2.39. The molecule has 2 aliphatic heterocycles. The van der Waals surface area contributed by atoms with Crippen LogP contribution >= 0.6 is 15.9 Å². The standard InChI is InChI=1S/C14H16BrNO3/c15-10-2-3-11-12(8-10)19-14(9-13(17)16-11)4-1-6-18-7-5-14/h2-3,8H,1,4-7,9H2,(H,16,17). The fourth-order valence-electron chi connectivity index (χ4n) is 2.70. The number of amides is 1. The maximum Gasteiger partial charge on any atom is 0.228 e. The molecule has 102 valence electrons. The molecule has 2 aliphatic rings. The van der Waals surface area contributed by atoms with E-state index in [1.807, 2.05) is 18.2 Å². The van der Waals surface area contributed by atoms with Crippen LogP contribution in [0.4, 0.5) is 5.69 Å². The number of hydrogen-bond acceptors (Lipinski definition) is 3. The first-order chi connectivity index (χ1) is 9.17. The van der Waals surface area contributed by atoms with Gasteiger partial charge in [-0.1, -0.05) is 15.9 Å². The number of ether oxygens (including phenoxy) is 2. The van der Waals surface area contributed by atoms with Crippen LogP contribution in [-0.2, 0) is 9.53 Å². The number of rotatable bonds is 0. The highest BCUT2D eigenvalue weighted by molar-refractivity contribution is 9.10. The maximum absolute atomic E-state index is 12.1. The molecule has 1 unspecified atom stereocenters. The van der Waals surface area contributed by atoms with Crippen molar-refractivity contribution in [1.82, 2.24) is 0 Å². The van der Waals surface area contributed by atoms with Gasteiger partial charge in [-0.25, -0.2) is 0 Å². The second kappa shape index (κ2) is 5.13. The minimum absolute atomic E-state index is 0.0166. The number of anilines is 1. The molecule has 19 heavy (non-hydrogen) atoms. The van der Waals surface area contributed by atoms with Crippen molar-refractivity contribution in [2.24, 2.45) is 0 Å². The first kappa shape index (κ1) is 12.9. The zero-order valence-corrected chi connectivity index (χ0v) is 12.2. The molecule has 3 rings (SSSR count).